The molecule has 0 atom stereocenters. The molecule has 0 aliphatic rings. The molecule has 0 heterocycles. The second kappa shape index (κ2) is 8.42. The molecular formula is C17H20O4. The van der Waals surface area contributed by atoms with E-state index in [0.717, 1.165) is 22.4 Å². The molecule has 0 aliphatic carbocycles. The van der Waals surface area contributed by atoms with Gasteiger partial charge in [0.05, 0.1) is 13.7 Å². The number of rotatable bonds is 8. The first-order valence-corrected chi connectivity index (χ1v) is 6.80. The smallest absolute Gasteiger partial charge is 0.119 e. The Morgan fingerprint density at radius 3 is 1.95 bits per heavy atom. The van der Waals surface area contributed by atoms with Crippen molar-refractivity contribution < 1.29 is 19.2 Å². The molecule has 21 heavy (non-hydrogen) atoms. The van der Waals surface area contributed by atoms with E-state index in [0.29, 0.717) is 19.8 Å². The third kappa shape index (κ3) is 4.86. The van der Waals surface area contributed by atoms with Gasteiger partial charge in [0.1, 0.15) is 19.0 Å². The van der Waals surface area contributed by atoms with Crippen LogP contribution in [0.2, 0.25) is 0 Å². The van der Waals surface area contributed by atoms with E-state index in [9.17, 15) is 0 Å². The van der Waals surface area contributed by atoms with Crippen LogP contribution in [0, 0.1) is 0 Å². The van der Waals surface area contributed by atoms with E-state index in [1.807, 2.05) is 36.4 Å². The zero-order chi connectivity index (χ0) is 14.9. The van der Waals surface area contributed by atoms with Crippen LogP contribution >= 0.6 is 0 Å². The van der Waals surface area contributed by atoms with E-state index in [4.69, 9.17) is 14.4 Å². The maximum atomic E-state index is 5.55. The fourth-order valence-electron chi connectivity index (χ4n) is 1.91. The lowest BCUT2D eigenvalue weighted by molar-refractivity contribution is -0.282. The van der Waals surface area contributed by atoms with Gasteiger partial charge in [-0.1, -0.05) is 36.4 Å². The van der Waals surface area contributed by atoms with Crippen LogP contribution in [0.5, 0.6) is 5.75 Å². The SMILES string of the molecule is COCCOc1ccc(-c2ccc(COOC)cc2)cc1. The maximum absolute atomic E-state index is 5.55. The molecule has 0 saturated heterocycles. The van der Waals surface area contributed by atoms with Crippen LogP contribution < -0.4 is 4.74 Å². The molecule has 0 N–H and O–H groups in total. The second-order valence-electron chi connectivity index (χ2n) is 4.49. The quantitative estimate of drug-likeness (QED) is 0.423. The first kappa shape index (κ1) is 15.5. The summed E-state index contributed by atoms with van der Waals surface area (Å²) < 4.78 is 10.5. The van der Waals surface area contributed by atoms with Crippen molar-refractivity contribution in [3.05, 3.63) is 54.1 Å². The lowest BCUT2D eigenvalue weighted by atomic mass is 10.0. The van der Waals surface area contributed by atoms with Gasteiger partial charge in [-0.2, -0.15) is 0 Å². The molecule has 0 bridgehead atoms. The Morgan fingerprint density at radius 1 is 0.762 bits per heavy atom. The van der Waals surface area contributed by atoms with E-state index in [-0.39, 0.29) is 0 Å². The lowest BCUT2D eigenvalue weighted by Crippen LogP contribution is -2.03. The van der Waals surface area contributed by atoms with Crippen molar-refractivity contribution in [3.8, 4) is 16.9 Å². The average molecular weight is 288 g/mol. The van der Waals surface area contributed by atoms with E-state index in [1.165, 1.54) is 7.11 Å². The molecule has 4 nitrogen and oxygen atoms in total. The molecule has 0 saturated carbocycles. The van der Waals surface area contributed by atoms with Gasteiger partial charge < -0.3 is 9.47 Å². The monoisotopic (exact) mass is 288 g/mol. The van der Waals surface area contributed by atoms with Crippen LogP contribution in [0.15, 0.2) is 48.5 Å². The summed E-state index contributed by atoms with van der Waals surface area (Å²) in [7, 11) is 3.17. The summed E-state index contributed by atoms with van der Waals surface area (Å²) in [6.07, 6.45) is 0. The summed E-state index contributed by atoms with van der Waals surface area (Å²) >= 11 is 0. The molecule has 0 amide bonds. The Bertz CT molecular complexity index is 519. The van der Waals surface area contributed by atoms with Crippen molar-refractivity contribution >= 4 is 0 Å². The van der Waals surface area contributed by atoms with Crippen LogP contribution in [0.4, 0.5) is 0 Å². The van der Waals surface area contributed by atoms with Crippen LogP contribution in [0.1, 0.15) is 5.56 Å². The Balaban J connectivity index is 1.97. The van der Waals surface area contributed by atoms with Crippen LogP contribution in [-0.2, 0) is 21.1 Å². The summed E-state index contributed by atoms with van der Waals surface area (Å²) in [6.45, 7) is 1.60. The number of ether oxygens (including phenoxy) is 2. The van der Waals surface area contributed by atoms with E-state index >= 15 is 0 Å². The van der Waals surface area contributed by atoms with Gasteiger partial charge >= 0.3 is 0 Å². The van der Waals surface area contributed by atoms with Gasteiger partial charge in [0, 0.05) is 7.11 Å². The predicted octanol–water partition coefficient (Wildman–Crippen LogP) is 3.46. The molecule has 0 aromatic heterocycles. The van der Waals surface area contributed by atoms with Crippen molar-refractivity contribution in [2.24, 2.45) is 0 Å². The first-order chi connectivity index (χ1) is 10.3. The standard InChI is InChI=1S/C17H20O4/c1-18-11-12-20-17-9-7-16(8-10-17)15-5-3-14(4-6-15)13-21-19-2/h3-10H,11-13H2,1-2H3. The number of hydrogen-bond donors (Lipinski definition) is 0. The van der Waals surface area contributed by atoms with Gasteiger partial charge in [-0.05, 0) is 28.8 Å². The summed E-state index contributed by atoms with van der Waals surface area (Å²) in [5.41, 5.74) is 3.37. The summed E-state index contributed by atoms with van der Waals surface area (Å²) in [6, 6.07) is 16.2. The molecule has 0 radical (unpaired) electrons. The fraction of sp³-hybridized carbons (Fsp3) is 0.294. The Kier molecular flexibility index (Phi) is 6.22. The molecule has 0 aliphatic heterocycles. The molecule has 0 spiro atoms. The number of benzene rings is 2. The summed E-state index contributed by atoms with van der Waals surface area (Å²) in [5, 5.41) is 0. The minimum absolute atomic E-state index is 0.447. The zero-order valence-electron chi connectivity index (χ0n) is 12.4. The molecule has 4 heteroatoms. The highest BCUT2D eigenvalue weighted by Gasteiger charge is 2.00. The molecule has 2 aromatic rings. The molecular weight excluding hydrogens is 268 g/mol. The Morgan fingerprint density at radius 2 is 1.38 bits per heavy atom. The Hall–Kier alpha value is -1.88. The third-order valence-corrected chi connectivity index (χ3v) is 3.04. The molecule has 2 rings (SSSR count). The van der Waals surface area contributed by atoms with Gasteiger partial charge in [0.25, 0.3) is 0 Å². The highest BCUT2D eigenvalue weighted by molar-refractivity contribution is 5.64. The van der Waals surface area contributed by atoms with Gasteiger partial charge in [-0.3, -0.25) is 0 Å². The van der Waals surface area contributed by atoms with Crippen LogP contribution in [0.3, 0.4) is 0 Å². The second-order valence-corrected chi connectivity index (χ2v) is 4.49. The average Bonchev–Trinajstić information content (AvgIpc) is 2.54. The highest BCUT2D eigenvalue weighted by atomic mass is 17.2. The summed E-state index contributed by atoms with van der Waals surface area (Å²) in [4.78, 5) is 9.49. The minimum Gasteiger partial charge on any atom is -0.491 e. The van der Waals surface area contributed by atoms with Crippen molar-refractivity contribution in [2.45, 2.75) is 6.61 Å². The van der Waals surface area contributed by atoms with E-state index in [2.05, 4.69) is 17.0 Å². The van der Waals surface area contributed by atoms with Crippen molar-refractivity contribution in [1.29, 1.82) is 0 Å². The van der Waals surface area contributed by atoms with Gasteiger partial charge in [0.15, 0.2) is 0 Å². The van der Waals surface area contributed by atoms with Gasteiger partial charge in [-0.15, -0.1) is 0 Å². The van der Waals surface area contributed by atoms with Crippen molar-refractivity contribution in [3.63, 3.8) is 0 Å². The maximum Gasteiger partial charge on any atom is 0.119 e. The predicted molar refractivity (Wildman–Crippen MR) is 81.0 cm³/mol. The molecule has 0 fully saturated rings. The number of methoxy groups -OCH3 is 1. The van der Waals surface area contributed by atoms with Crippen LogP contribution in [-0.4, -0.2) is 27.4 Å². The largest absolute Gasteiger partial charge is 0.491 e. The highest BCUT2D eigenvalue weighted by Crippen LogP contribution is 2.23. The first-order valence-electron chi connectivity index (χ1n) is 6.80. The van der Waals surface area contributed by atoms with Gasteiger partial charge in [-0.25, -0.2) is 9.78 Å². The van der Waals surface area contributed by atoms with E-state index < -0.39 is 0 Å². The fourth-order valence-corrected chi connectivity index (χ4v) is 1.91. The van der Waals surface area contributed by atoms with E-state index in [1.54, 1.807) is 7.11 Å². The Labute approximate surface area is 125 Å². The molecule has 2 aromatic carbocycles. The van der Waals surface area contributed by atoms with Crippen molar-refractivity contribution in [2.75, 3.05) is 27.4 Å². The van der Waals surface area contributed by atoms with Gasteiger partial charge in [0.2, 0.25) is 0 Å². The minimum atomic E-state index is 0.447. The molecule has 112 valence electrons. The topological polar surface area (TPSA) is 36.9 Å². The van der Waals surface area contributed by atoms with Crippen molar-refractivity contribution in [1.82, 2.24) is 0 Å². The zero-order valence-corrected chi connectivity index (χ0v) is 12.4. The third-order valence-electron chi connectivity index (χ3n) is 3.04. The lowest BCUT2D eigenvalue weighted by Gasteiger charge is -2.07. The molecule has 0 unspecified atom stereocenters. The van der Waals surface area contributed by atoms with Crippen LogP contribution in [0.25, 0.3) is 11.1 Å². The summed E-state index contributed by atoms with van der Waals surface area (Å²) in [5.74, 6) is 0.848. The number of hydrogen-bond acceptors (Lipinski definition) is 4. The normalized spacial score (nSPS) is 10.6.